The second-order valence-corrected chi connectivity index (χ2v) is 5.47. The number of rotatable bonds is 9. The average molecular weight is 374 g/mol. The van der Waals surface area contributed by atoms with E-state index in [-0.39, 0.29) is 18.3 Å². The van der Waals surface area contributed by atoms with E-state index in [9.17, 15) is 15.2 Å². The van der Waals surface area contributed by atoms with Crippen LogP contribution in [0.4, 0.5) is 5.82 Å². The lowest BCUT2D eigenvalue weighted by molar-refractivity contribution is -0.391. The molecule has 27 heavy (non-hydrogen) atoms. The summed E-state index contributed by atoms with van der Waals surface area (Å²) in [4.78, 5) is 14.3. The van der Waals surface area contributed by atoms with Crippen molar-refractivity contribution >= 4 is 11.5 Å². The molecule has 2 heterocycles. The van der Waals surface area contributed by atoms with Crippen LogP contribution in [0.3, 0.4) is 0 Å². The molecule has 0 fully saturated rings. The van der Waals surface area contributed by atoms with Crippen molar-refractivity contribution in [3.8, 4) is 17.4 Å². The maximum Gasteiger partial charge on any atom is 0.368 e. The lowest BCUT2D eigenvalue weighted by atomic mass is 10.2. The third-order valence-electron chi connectivity index (χ3n) is 3.74. The average Bonchev–Trinajstić information content (AvgIpc) is 3.10. The first kappa shape index (κ1) is 18.4. The normalized spacial score (nSPS) is 10.7. The molecule has 0 saturated heterocycles. The van der Waals surface area contributed by atoms with Crippen molar-refractivity contribution in [1.29, 1.82) is 0 Å². The number of aromatic nitrogens is 3. The Hall–Kier alpha value is -3.40. The number of aliphatic hydroxyl groups excluding tert-OH is 1. The maximum atomic E-state index is 10.9. The molecule has 0 bridgehead atoms. The highest BCUT2D eigenvalue weighted by atomic mass is 16.6. The van der Waals surface area contributed by atoms with E-state index >= 15 is 0 Å². The van der Waals surface area contributed by atoms with Gasteiger partial charge in [0.15, 0.2) is 11.5 Å². The molecular formula is C17H18N4O6. The largest absolute Gasteiger partial charge is 0.492 e. The van der Waals surface area contributed by atoms with E-state index in [1.807, 2.05) is 0 Å². The standard InChI is InChI=1S/C17H18N4O6/c1-25-17-12(11-22)4-2-5-13(17)26-8-3-9-27-15-7-6-14-18-10-16(21(23)24)20(14)19-15/h2,4-7,10,22H,3,8-9,11H2,1H3. The molecule has 1 N–H and O–H groups in total. The van der Waals surface area contributed by atoms with Crippen LogP contribution in [0.1, 0.15) is 12.0 Å². The van der Waals surface area contributed by atoms with Gasteiger partial charge in [-0.3, -0.25) is 0 Å². The molecule has 142 valence electrons. The van der Waals surface area contributed by atoms with Crippen LogP contribution in [-0.2, 0) is 6.61 Å². The highest BCUT2D eigenvalue weighted by molar-refractivity contribution is 5.46. The molecule has 2 aromatic heterocycles. The minimum Gasteiger partial charge on any atom is -0.492 e. The first-order valence-electron chi connectivity index (χ1n) is 8.15. The summed E-state index contributed by atoms with van der Waals surface area (Å²) >= 11 is 0. The van der Waals surface area contributed by atoms with Gasteiger partial charge in [0.2, 0.25) is 5.65 Å². The van der Waals surface area contributed by atoms with Crippen molar-refractivity contribution in [2.75, 3.05) is 20.3 Å². The van der Waals surface area contributed by atoms with Crippen molar-refractivity contribution in [3.63, 3.8) is 0 Å². The van der Waals surface area contributed by atoms with Crippen molar-refractivity contribution in [1.82, 2.24) is 14.6 Å². The van der Waals surface area contributed by atoms with E-state index < -0.39 is 4.92 Å². The highest BCUT2D eigenvalue weighted by Crippen LogP contribution is 2.31. The number of methoxy groups -OCH3 is 1. The number of nitrogens with zero attached hydrogens (tertiary/aromatic N) is 4. The maximum absolute atomic E-state index is 10.9. The van der Waals surface area contributed by atoms with E-state index in [0.717, 1.165) is 10.7 Å². The Morgan fingerprint density at radius 1 is 1.22 bits per heavy atom. The molecule has 10 heteroatoms. The number of aliphatic hydroxyl groups is 1. The third kappa shape index (κ3) is 4.06. The summed E-state index contributed by atoms with van der Waals surface area (Å²) in [5.41, 5.74) is 1.01. The van der Waals surface area contributed by atoms with Crippen LogP contribution in [0.2, 0.25) is 0 Å². The fourth-order valence-corrected chi connectivity index (χ4v) is 2.49. The highest BCUT2D eigenvalue weighted by Gasteiger charge is 2.16. The van der Waals surface area contributed by atoms with Gasteiger partial charge in [0.1, 0.15) is 6.20 Å². The van der Waals surface area contributed by atoms with Gasteiger partial charge in [-0.05, 0) is 16.1 Å². The van der Waals surface area contributed by atoms with Crippen molar-refractivity contribution < 1.29 is 24.2 Å². The topological polar surface area (TPSA) is 121 Å². The Morgan fingerprint density at radius 3 is 2.78 bits per heavy atom. The van der Waals surface area contributed by atoms with Gasteiger partial charge < -0.3 is 29.4 Å². The number of nitro groups is 1. The predicted octanol–water partition coefficient (Wildman–Crippen LogP) is 1.99. The Kier molecular flexibility index (Phi) is 5.67. The number of hydrogen-bond donors (Lipinski definition) is 1. The van der Waals surface area contributed by atoms with Crippen LogP contribution in [0.15, 0.2) is 36.5 Å². The summed E-state index contributed by atoms with van der Waals surface area (Å²) in [5, 5.41) is 24.3. The summed E-state index contributed by atoms with van der Waals surface area (Å²) in [6.45, 7) is 0.528. The van der Waals surface area contributed by atoms with Crippen LogP contribution in [0, 0.1) is 10.1 Å². The zero-order valence-electron chi connectivity index (χ0n) is 14.6. The lowest BCUT2D eigenvalue weighted by Crippen LogP contribution is -2.08. The van der Waals surface area contributed by atoms with Crippen LogP contribution < -0.4 is 14.2 Å². The lowest BCUT2D eigenvalue weighted by Gasteiger charge is -2.13. The zero-order valence-corrected chi connectivity index (χ0v) is 14.6. The van der Waals surface area contributed by atoms with E-state index in [0.29, 0.717) is 42.3 Å². The SMILES string of the molecule is COc1c(CO)cccc1OCCCOc1ccc2ncc([N+](=O)[O-])n2n1. The number of para-hydroxylation sites is 1. The quantitative estimate of drug-likeness (QED) is 0.343. The van der Waals surface area contributed by atoms with Crippen LogP contribution in [-0.4, -0.2) is 45.0 Å². The van der Waals surface area contributed by atoms with Gasteiger partial charge >= 0.3 is 5.82 Å². The second kappa shape index (κ2) is 8.32. The molecule has 0 radical (unpaired) electrons. The fourth-order valence-electron chi connectivity index (χ4n) is 2.49. The van der Waals surface area contributed by atoms with E-state index in [1.54, 1.807) is 30.3 Å². The monoisotopic (exact) mass is 374 g/mol. The number of hydrogen-bond acceptors (Lipinski definition) is 8. The van der Waals surface area contributed by atoms with Gasteiger partial charge in [-0.1, -0.05) is 16.6 Å². The minimum atomic E-state index is -0.557. The van der Waals surface area contributed by atoms with E-state index in [2.05, 4.69) is 10.1 Å². The summed E-state index contributed by atoms with van der Waals surface area (Å²) < 4.78 is 17.6. The van der Waals surface area contributed by atoms with Crippen LogP contribution in [0.25, 0.3) is 5.65 Å². The molecule has 0 aliphatic heterocycles. The molecule has 0 atom stereocenters. The Labute approximate surface area is 154 Å². The molecule has 10 nitrogen and oxygen atoms in total. The Bertz CT molecular complexity index is 942. The molecule has 0 amide bonds. The van der Waals surface area contributed by atoms with Gasteiger partial charge in [0.05, 0.1) is 26.9 Å². The molecule has 0 spiro atoms. The summed E-state index contributed by atoms with van der Waals surface area (Å²) in [5.74, 6) is 1.07. The molecule has 0 aliphatic rings. The molecule has 0 aliphatic carbocycles. The van der Waals surface area contributed by atoms with Crippen molar-refractivity contribution in [3.05, 3.63) is 52.2 Å². The molecule has 3 rings (SSSR count). The third-order valence-corrected chi connectivity index (χ3v) is 3.74. The Morgan fingerprint density at radius 2 is 2.04 bits per heavy atom. The zero-order chi connectivity index (χ0) is 19.2. The number of fused-ring (bicyclic) bond motifs is 1. The molecule has 0 unspecified atom stereocenters. The Balaban J connectivity index is 1.54. The van der Waals surface area contributed by atoms with Crippen LogP contribution in [0.5, 0.6) is 17.4 Å². The molecular weight excluding hydrogens is 356 g/mol. The smallest absolute Gasteiger partial charge is 0.368 e. The summed E-state index contributed by atoms with van der Waals surface area (Å²) in [6.07, 6.45) is 1.70. The van der Waals surface area contributed by atoms with Gasteiger partial charge in [0, 0.05) is 24.1 Å². The summed E-state index contributed by atoms with van der Waals surface area (Å²) in [6, 6.07) is 8.48. The molecule has 1 aromatic carbocycles. The molecule has 3 aromatic rings. The fraction of sp³-hybridized carbons (Fsp3) is 0.294. The van der Waals surface area contributed by atoms with Gasteiger partial charge in [-0.2, -0.15) is 0 Å². The predicted molar refractivity (Wildman–Crippen MR) is 94.2 cm³/mol. The summed E-state index contributed by atoms with van der Waals surface area (Å²) in [7, 11) is 1.52. The van der Waals surface area contributed by atoms with E-state index in [1.165, 1.54) is 7.11 Å². The van der Waals surface area contributed by atoms with Crippen LogP contribution >= 0.6 is 0 Å². The number of ether oxygens (including phenoxy) is 3. The first-order valence-corrected chi connectivity index (χ1v) is 8.15. The van der Waals surface area contributed by atoms with Crippen molar-refractivity contribution in [2.45, 2.75) is 13.0 Å². The second-order valence-electron chi connectivity index (χ2n) is 5.47. The van der Waals surface area contributed by atoms with Gasteiger partial charge in [0.25, 0.3) is 5.88 Å². The van der Waals surface area contributed by atoms with Gasteiger partial charge in [-0.25, -0.2) is 4.98 Å². The number of benzene rings is 1. The van der Waals surface area contributed by atoms with Crippen molar-refractivity contribution in [2.24, 2.45) is 0 Å². The molecule has 0 saturated carbocycles. The van der Waals surface area contributed by atoms with E-state index in [4.69, 9.17) is 14.2 Å². The first-order chi connectivity index (χ1) is 13.1. The number of imidazole rings is 1. The van der Waals surface area contributed by atoms with Gasteiger partial charge in [-0.15, -0.1) is 0 Å². The minimum absolute atomic E-state index is 0.141.